The molecule has 2 nitrogen and oxygen atoms in total. The predicted molar refractivity (Wildman–Crippen MR) is 62.6 cm³/mol. The van der Waals surface area contributed by atoms with Gasteiger partial charge in [0.05, 0.1) is 5.92 Å². The van der Waals surface area contributed by atoms with Crippen molar-refractivity contribution in [3.8, 4) is 0 Å². The summed E-state index contributed by atoms with van der Waals surface area (Å²) in [7, 11) is 0. The Morgan fingerprint density at radius 3 is 2.87 bits per heavy atom. The Bertz CT molecular complexity index is 449. The fraction of sp³-hybridized carbons (Fsp3) is 0.250. The third kappa shape index (κ3) is 1.84. The molecule has 0 amide bonds. The summed E-state index contributed by atoms with van der Waals surface area (Å²) in [6.07, 6.45) is 2.74. The van der Waals surface area contributed by atoms with E-state index in [4.69, 9.17) is 5.11 Å². The van der Waals surface area contributed by atoms with Crippen LogP contribution in [0.15, 0.2) is 28.2 Å². The maximum atomic E-state index is 10.9. The molecule has 0 radical (unpaired) electrons. The van der Waals surface area contributed by atoms with Crippen molar-refractivity contribution in [2.45, 2.75) is 13.3 Å². The standard InChI is InChI=1S/C12H11BrO2/c1-7(12(14)15)9-5-8-3-2-4-11(13)10(8)6-9/h2-4,6-7H,5H2,1H3,(H,14,15). The first kappa shape index (κ1) is 10.4. The highest BCUT2D eigenvalue weighted by Crippen LogP contribution is 2.33. The second-order valence-electron chi connectivity index (χ2n) is 3.77. The van der Waals surface area contributed by atoms with Crippen LogP contribution in [0.5, 0.6) is 0 Å². The molecule has 3 heteroatoms. The fourth-order valence-electron chi connectivity index (χ4n) is 1.79. The molecule has 1 unspecified atom stereocenters. The first-order valence-electron chi connectivity index (χ1n) is 4.80. The van der Waals surface area contributed by atoms with Gasteiger partial charge in [0.15, 0.2) is 0 Å². The number of hydrogen-bond donors (Lipinski definition) is 1. The molecule has 0 saturated heterocycles. The van der Waals surface area contributed by atoms with Crippen LogP contribution in [0.1, 0.15) is 18.1 Å². The molecular formula is C12H11BrO2. The Balaban J connectivity index is 2.35. The van der Waals surface area contributed by atoms with E-state index in [0.29, 0.717) is 0 Å². The third-order valence-electron chi connectivity index (χ3n) is 2.79. The van der Waals surface area contributed by atoms with Crippen LogP contribution in [0.25, 0.3) is 6.08 Å². The quantitative estimate of drug-likeness (QED) is 0.893. The monoisotopic (exact) mass is 266 g/mol. The maximum Gasteiger partial charge on any atom is 0.310 e. The van der Waals surface area contributed by atoms with Gasteiger partial charge in [0.1, 0.15) is 0 Å². The molecule has 1 aromatic carbocycles. The molecule has 15 heavy (non-hydrogen) atoms. The Kier molecular flexibility index (Phi) is 2.65. The van der Waals surface area contributed by atoms with Crippen molar-refractivity contribution in [3.63, 3.8) is 0 Å². The van der Waals surface area contributed by atoms with Gasteiger partial charge in [-0.2, -0.15) is 0 Å². The molecule has 0 aliphatic heterocycles. The number of carboxylic acid groups (broad SMARTS) is 1. The molecule has 0 heterocycles. The number of benzene rings is 1. The van der Waals surface area contributed by atoms with Gasteiger partial charge in [-0.15, -0.1) is 0 Å². The van der Waals surface area contributed by atoms with Crippen LogP contribution in [0.4, 0.5) is 0 Å². The van der Waals surface area contributed by atoms with Gasteiger partial charge in [0.25, 0.3) is 0 Å². The number of carbonyl (C=O) groups is 1. The van der Waals surface area contributed by atoms with Crippen LogP contribution in [0.2, 0.25) is 0 Å². The number of halogens is 1. The number of fused-ring (bicyclic) bond motifs is 1. The van der Waals surface area contributed by atoms with Gasteiger partial charge >= 0.3 is 5.97 Å². The highest BCUT2D eigenvalue weighted by atomic mass is 79.9. The van der Waals surface area contributed by atoms with Crippen LogP contribution >= 0.6 is 15.9 Å². The van der Waals surface area contributed by atoms with Crippen LogP contribution in [-0.4, -0.2) is 11.1 Å². The molecule has 78 valence electrons. The molecule has 0 spiro atoms. The molecule has 0 bridgehead atoms. The Morgan fingerprint density at radius 2 is 2.27 bits per heavy atom. The lowest BCUT2D eigenvalue weighted by atomic mass is 10.00. The summed E-state index contributed by atoms with van der Waals surface area (Å²) in [5, 5.41) is 8.94. The number of aliphatic carboxylic acids is 1. The van der Waals surface area contributed by atoms with Crippen molar-refractivity contribution in [2.75, 3.05) is 0 Å². The molecule has 1 aromatic rings. The van der Waals surface area contributed by atoms with Gasteiger partial charge in [-0.05, 0) is 30.5 Å². The van der Waals surface area contributed by atoms with Crippen molar-refractivity contribution in [2.24, 2.45) is 5.92 Å². The van der Waals surface area contributed by atoms with Gasteiger partial charge in [0, 0.05) is 4.47 Å². The zero-order valence-corrected chi connectivity index (χ0v) is 9.91. The van der Waals surface area contributed by atoms with Gasteiger partial charge in [0.2, 0.25) is 0 Å². The maximum absolute atomic E-state index is 10.9. The minimum Gasteiger partial charge on any atom is -0.481 e. The van der Waals surface area contributed by atoms with Crippen LogP contribution in [0, 0.1) is 5.92 Å². The third-order valence-corrected chi connectivity index (χ3v) is 3.49. The molecule has 1 N–H and O–H groups in total. The van der Waals surface area contributed by atoms with Gasteiger partial charge in [-0.1, -0.05) is 39.7 Å². The molecule has 0 fully saturated rings. The molecule has 1 aliphatic rings. The van der Waals surface area contributed by atoms with Crippen LogP contribution in [0.3, 0.4) is 0 Å². The summed E-state index contributed by atoms with van der Waals surface area (Å²) in [4.78, 5) is 10.9. The minimum atomic E-state index is -0.759. The summed E-state index contributed by atoms with van der Waals surface area (Å²) in [6, 6.07) is 5.99. The van der Waals surface area contributed by atoms with E-state index in [9.17, 15) is 4.79 Å². The smallest absolute Gasteiger partial charge is 0.310 e. The Morgan fingerprint density at radius 1 is 1.53 bits per heavy atom. The van der Waals surface area contributed by atoms with Crippen molar-refractivity contribution < 1.29 is 9.90 Å². The molecule has 1 aliphatic carbocycles. The molecule has 0 saturated carbocycles. The first-order valence-corrected chi connectivity index (χ1v) is 5.59. The van der Waals surface area contributed by atoms with Gasteiger partial charge < -0.3 is 5.11 Å². The van der Waals surface area contributed by atoms with Crippen molar-refractivity contribution in [1.29, 1.82) is 0 Å². The van der Waals surface area contributed by atoms with E-state index in [2.05, 4.69) is 15.9 Å². The van der Waals surface area contributed by atoms with E-state index < -0.39 is 11.9 Å². The number of carboxylic acids is 1. The second-order valence-corrected chi connectivity index (χ2v) is 4.62. The largest absolute Gasteiger partial charge is 0.481 e. The second kappa shape index (κ2) is 3.81. The van der Waals surface area contributed by atoms with Crippen molar-refractivity contribution in [1.82, 2.24) is 0 Å². The van der Waals surface area contributed by atoms with Crippen LogP contribution in [-0.2, 0) is 11.2 Å². The molecular weight excluding hydrogens is 256 g/mol. The summed E-state index contributed by atoms with van der Waals surface area (Å²) in [5.41, 5.74) is 3.30. The number of rotatable bonds is 2. The summed E-state index contributed by atoms with van der Waals surface area (Å²) in [5.74, 6) is -1.16. The first-order chi connectivity index (χ1) is 7.09. The van der Waals surface area contributed by atoms with Crippen molar-refractivity contribution >= 4 is 28.0 Å². The molecule has 2 rings (SSSR count). The molecule has 0 aromatic heterocycles. The number of hydrogen-bond acceptors (Lipinski definition) is 1. The SMILES string of the molecule is CC(C(=O)O)C1=Cc2c(Br)cccc2C1. The summed E-state index contributed by atoms with van der Waals surface area (Å²) >= 11 is 3.47. The fourth-order valence-corrected chi connectivity index (χ4v) is 2.31. The van der Waals surface area contributed by atoms with E-state index in [0.717, 1.165) is 22.0 Å². The van der Waals surface area contributed by atoms with E-state index in [1.54, 1.807) is 6.92 Å². The van der Waals surface area contributed by atoms with E-state index in [1.165, 1.54) is 5.56 Å². The lowest BCUT2D eigenvalue weighted by molar-refractivity contribution is -0.139. The highest BCUT2D eigenvalue weighted by molar-refractivity contribution is 9.10. The zero-order chi connectivity index (χ0) is 11.0. The van der Waals surface area contributed by atoms with Gasteiger partial charge in [-0.25, -0.2) is 0 Å². The average Bonchev–Trinajstić information content (AvgIpc) is 2.61. The summed E-state index contributed by atoms with van der Waals surface area (Å²) in [6.45, 7) is 1.73. The van der Waals surface area contributed by atoms with Crippen LogP contribution < -0.4 is 0 Å². The van der Waals surface area contributed by atoms with E-state index in [-0.39, 0.29) is 0 Å². The minimum absolute atomic E-state index is 0.399. The van der Waals surface area contributed by atoms with E-state index in [1.807, 2.05) is 24.3 Å². The van der Waals surface area contributed by atoms with Crippen molar-refractivity contribution in [3.05, 3.63) is 39.4 Å². The Labute approximate surface area is 96.7 Å². The lowest BCUT2D eigenvalue weighted by Gasteiger charge is -2.06. The van der Waals surface area contributed by atoms with Gasteiger partial charge in [-0.3, -0.25) is 4.79 Å². The zero-order valence-electron chi connectivity index (χ0n) is 8.33. The normalized spacial score (nSPS) is 15.7. The lowest BCUT2D eigenvalue weighted by Crippen LogP contribution is -2.12. The average molecular weight is 267 g/mol. The topological polar surface area (TPSA) is 37.3 Å². The predicted octanol–water partition coefficient (Wildman–Crippen LogP) is 3.11. The van der Waals surface area contributed by atoms with E-state index >= 15 is 0 Å². The highest BCUT2D eigenvalue weighted by Gasteiger charge is 2.22. The Hall–Kier alpha value is -1.09. The summed E-state index contributed by atoms with van der Waals surface area (Å²) < 4.78 is 1.03. The molecule has 1 atom stereocenters.